The third-order valence-corrected chi connectivity index (χ3v) is 6.24. The Morgan fingerprint density at radius 1 is 0.844 bits per heavy atom. The van der Waals surface area contributed by atoms with E-state index < -0.39 is 22.0 Å². The standard InChI is InChI=1S/C14H12N2O2S.C9H8O4/c1-11-4-6-13(7-5-11)19(17,18)16-10-8-12-3-2-9-15-14(12)16;1-5-2-6(8(10)11)4-7(3-5)9(12)13/h2-10H,1H3;2-4H,1H3,(H,10,11)(H,12,13). The van der Waals surface area contributed by atoms with Crippen LogP contribution >= 0.6 is 0 Å². The zero-order valence-corrected chi connectivity index (χ0v) is 18.1. The summed E-state index contributed by atoms with van der Waals surface area (Å²) in [5.41, 5.74) is 2.09. The van der Waals surface area contributed by atoms with Crippen molar-refractivity contribution in [2.24, 2.45) is 0 Å². The first-order valence-corrected chi connectivity index (χ1v) is 10.9. The number of aryl methyl sites for hydroxylation is 2. The number of hydrogen-bond donors (Lipinski definition) is 2. The Kier molecular flexibility index (Phi) is 6.40. The number of benzene rings is 2. The smallest absolute Gasteiger partial charge is 0.335 e. The van der Waals surface area contributed by atoms with Crippen LogP contribution in [0.15, 0.2) is 78.0 Å². The molecule has 0 amide bonds. The van der Waals surface area contributed by atoms with E-state index in [0.29, 0.717) is 11.2 Å². The summed E-state index contributed by atoms with van der Waals surface area (Å²) in [4.78, 5) is 25.5. The predicted octanol–water partition coefficient (Wildman–Crippen LogP) is 3.97. The second-order valence-electron chi connectivity index (χ2n) is 7.04. The van der Waals surface area contributed by atoms with Crippen LogP contribution in [0, 0.1) is 13.8 Å². The van der Waals surface area contributed by atoms with Gasteiger partial charge in [0.1, 0.15) is 0 Å². The maximum absolute atomic E-state index is 12.5. The summed E-state index contributed by atoms with van der Waals surface area (Å²) in [7, 11) is -3.58. The quantitative estimate of drug-likeness (QED) is 0.480. The van der Waals surface area contributed by atoms with E-state index in [1.165, 1.54) is 22.3 Å². The number of aromatic carboxylic acids is 2. The van der Waals surface area contributed by atoms with Gasteiger partial charge in [0, 0.05) is 17.8 Å². The monoisotopic (exact) mass is 452 g/mol. The average molecular weight is 452 g/mol. The minimum Gasteiger partial charge on any atom is -0.478 e. The van der Waals surface area contributed by atoms with Gasteiger partial charge in [0.15, 0.2) is 5.65 Å². The fourth-order valence-electron chi connectivity index (χ4n) is 2.99. The molecule has 0 aliphatic carbocycles. The van der Waals surface area contributed by atoms with Gasteiger partial charge in [0.2, 0.25) is 0 Å². The van der Waals surface area contributed by atoms with E-state index in [1.807, 2.05) is 13.0 Å². The van der Waals surface area contributed by atoms with E-state index in [2.05, 4.69) is 4.98 Å². The van der Waals surface area contributed by atoms with Gasteiger partial charge in [-0.3, -0.25) is 0 Å². The van der Waals surface area contributed by atoms with Crippen LogP contribution in [0.2, 0.25) is 0 Å². The highest BCUT2D eigenvalue weighted by molar-refractivity contribution is 7.90. The molecular formula is C23H20N2O6S. The van der Waals surface area contributed by atoms with Gasteiger partial charge in [-0.1, -0.05) is 17.7 Å². The molecule has 2 N–H and O–H groups in total. The van der Waals surface area contributed by atoms with Gasteiger partial charge in [-0.2, -0.15) is 0 Å². The molecular weight excluding hydrogens is 432 g/mol. The number of carbonyl (C=O) groups is 2. The minimum atomic E-state index is -3.58. The lowest BCUT2D eigenvalue weighted by atomic mass is 10.1. The first-order chi connectivity index (χ1) is 15.1. The Morgan fingerprint density at radius 2 is 1.44 bits per heavy atom. The summed E-state index contributed by atoms with van der Waals surface area (Å²) in [6, 6.07) is 16.1. The molecule has 0 fully saturated rings. The Hall–Kier alpha value is -3.98. The Bertz CT molecular complexity index is 1370. The number of rotatable bonds is 4. The largest absolute Gasteiger partial charge is 0.478 e. The molecule has 2 aromatic heterocycles. The highest BCUT2D eigenvalue weighted by Gasteiger charge is 2.19. The third kappa shape index (κ3) is 4.84. The van der Waals surface area contributed by atoms with Gasteiger partial charge >= 0.3 is 11.9 Å². The van der Waals surface area contributed by atoms with Gasteiger partial charge < -0.3 is 10.2 Å². The van der Waals surface area contributed by atoms with Gasteiger partial charge in [-0.25, -0.2) is 27.0 Å². The molecule has 0 radical (unpaired) electrons. The summed E-state index contributed by atoms with van der Waals surface area (Å²) in [5.74, 6) is -2.24. The van der Waals surface area contributed by atoms with Crippen molar-refractivity contribution in [1.82, 2.24) is 8.96 Å². The molecule has 0 saturated carbocycles. The fourth-order valence-corrected chi connectivity index (χ4v) is 4.30. The lowest BCUT2D eigenvalue weighted by Crippen LogP contribution is -2.12. The van der Waals surface area contributed by atoms with Crippen molar-refractivity contribution in [3.8, 4) is 0 Å². The molecule has 2 aromatic carbocycles. The molecule has 32 heavy (non-hydrogen) atoms. The maximum Gasteiger partial charge on any atom is 0.335 e. The van der Waals surface area contributed by atoms with Crippen LogP contribution < -0.4 is 0 Å². The van der Waals surface area contributed by atoms with Gasteiger partial charge in [0.05, 0.1) is 16.0 Å². The van der Waals surface area contributed by atoms with Crippen LogP contribution in [-0.2, 0) is 10.0 Å². The SMILES string of the molecule is Cc1cc(C(=O)O)cc(C(=O)O)c1.Cc1ccc(S(=O)(=O)n2ccc3cccnc32)cc1. The highest BCUT2D eigenvalue weighted by Crippen LogP contribution is 2.20. The van der Waals surface area contributed by atoms with Crippen molar-refractivity contribution in [3.63, 3.8) is 0 Å². The number of carboxylic acids is 2. The molecule has 8 nitrogen and oxygen atoms in total. The Balaban J connectivity index is 0.000000195. The molecule has 2 heterocycles. The average Bonchev–Trinajstić information content (AvgIpc) is 3.19. The highest BCUT2D eigenvalue weighted by atomic mass is 32.2. The number of hydrogen-bond acceptors (Lipinski definition) is 5. The first kappa shape index (κ1) is 22.7. The number of fused-ring (bicyclic) bond motifs is 1. The number of pyridine rings is 1. The molecule has 164 valence electrons. The molecule has 9 heteroatoms. The maximum atomic E-state index is 12.5. The summed E-state index contributed by atoms with van der Waals surface area (Å²) in [6.07, 6.45) is 3.12. The summed E-state index contributed by atoms with van der Waals surface area (Å²) in [5, 5.41) is 18.0. The Morgan fingerprint density at radius 3 is 2.00 bits per heavy atom. The molecule has 0 unspecified atom stereocenters. The van der Waals surface area contributed by atoms with Crippen LogP contribution in [0.4, 0.5) is 0 Å². The van der Waals surface area contributed by atoms with Crippen LogP contribution in [0.1, 0.15) is 31.8 Å². The number of aromatic nitrogens is 2. The second-order valence-corrected chi connectivity index (χ2v) is 8.86. The zero-order valence-electron chi connectivity index (χ0n) is 17.3. The third-order valence-electron chi connectivity index (χ3n) is 4.56. The molecule has 0 saturated heterocycles. The van der Waals surface area contributed by atoms with Crippen LogP contribution in [0.3, 0.4) is 0 Å². The van der Waals surface area contributed by atoms with E-state index in [0.717, 1.165) is 17.0 Å². The van der Waals surface area contributed by atoms with E-state index in [9.17, 15) is 18.0 Å². The van der Waals surface area contributed by atoms with Crippen molar-refractivity contribution >= 4 is 33.0 Å². The molecule has 0 bridgehead atoms. The van der Waals surface area contributed by atoms with Crippen molar-refractivity contribution in [2.45, 2.75) is 18.7 Å². The van der Waals surface area contributed by atoms with Gasteiger partial charge in [-0.15, -0.1) is 0 Å². The van der Waals surface area contributed by atoms with E-state index in [1.54, 1.807) is 49.5 Å². The van der Waals surface area contributed by atoms with Crippen molar-refractivity contribution in [2.75, 3.05) is 0 Å². The van der Waals surface area contributed by atoms with E-state index in [4.69, 9.17) is 10.2 Å². The van der Waals surface area contributed by atoms with Crippen molar-refractivity contribution in [3.05, 3.63) is 95.3 Å². The normalized spacial score (nSPS) is 10.9. The van der Waals surface area contributed by atoms with Gasteiger partial charge in [0.25, 0.3) is 10.0 Å². The topological polar surface area (TPSA) is 127 Å². The lowest BCUT2D eigenvalue weighted by Gasteiger charge is -2.07. The van der Waals surface area contributed by atoms with Crippen LogP contribution in [0.5, 0.6) is 0 Å². The second kappa shape index (κ2) is 9.03. The van der Waals surface area contributed by atoms with E-state index >= 15 is 0 Å². The fraction of sp³-hybridized carbons (Fsp3) is 0.0870. The molecule has 0 spiro atoms. The summed E-state index contributed by atoms with van der Waals surface area (Å²) < 4.78 is 26.3. The number of nitrogens with zero attached hydrogens (tertiary/aromatic N) is 2. The predicted molar refractivity (Wildman–Crippen MR) is 119 cm³/mol. The molecule has 0 aliphatic rings. The molecule has 4 aromatic rings. The van der Waals surface area contributed by atoms with Crippen molar-refractivity contribution < 1.29 is 28.2 Å². The minimum absolute atomic E-state index is 0.00241. The van der Waals surface area contributed by atoms with Crippen molar-refractivity contribution in [1.29, 1.82) is 0 Å². The lowest BCUT2D eigenvalue weighted by molar-refractivity contribution is 0.0696. The Labute approximate surface area is 184 Å². The zero-order chi connectivity index (χ0) is 23.5. The van der Waals surface area contributed by atoms with E-state index in [-0.39, 0.29) is 16.0 Å². The first-order valence-electron chi connectivity index (χ1n) is 9.42. The molecule has 4 rings (SSSR count). The van der Waals surface area contributed by atoms with Gasteiger partial charge in [-0.05, 0) is 67.9 Å². The van der Waals surface area contributed by atoms with Crippen LogP contribution in [-0.4, -0.2) is 39.5 Å². The molecule has 0 atom stereocenters. The summed E-state index contributed by atoms with van der Waals surface area (Å²) in [6.45, 7) is 3.57. The summed E-state index contributed by atoms with van der Waals surface area (Å²) >= 11 is 0. The molecule has 0 aliphatic heterocycles. The van der Waals surface area contributed by atoms with Crippen LogP contribution in [0.25, 0.3) is 11.0 Å². The number of carboxylic acid groups (broad SMARTS) is 2.